The summed E-state index contributed by atoms with van der Waals surface area (Å²) in [4.78, 5) is 21.9. The highest BCUT2D eigenvalue weighted by Crippen LogP contribution is 2.18. The average molecular weight is 297 g/mol. The molecular weight excluding hydrogens is 281 g/mol. The SMILES string of the molecule is O=C(O)N1CCC(NCc2ccc([N+](=O)[O-])c(F)c2)CC1. The summed E-state index contributed by atoms with van der Waals surface area (Å²) in [6, 6.07) is 3.98. The van der Waals surface area contributed by atoms with Crippen molar-refractivity contribution in [3.63, 3.8) is 0 Å². The molecule has 0 aromatic heterocycles. The number of likely N-dealkylation sites (tertiary alicyclic amines) is 1. The van der Waals surface area contributed by atoms with E-state index < -0.39 is 22.5 Å². The molecule has 0 aliphatic carbocycles. The van der Waals surface area contributed by atoms with E-state index in [1.807, 2.05) is 0 Å². The maximum Gasteiger partial charge on any atom is 0.407 e. The Hall–Kier alpha value is -2.22. The number of amides is 1. The minimum Gasteiger partial charge on any atom is -0.465 e. The Kier molecular flexibility index (Phi) is 4.69. The van der Waals surface area contributed by atoms with Gasteiger partial charge in [-0.1, -0.05) is 6.07 Å². The third-order valence-electron chi connectivity index (χ3n) is 3.57. The minimum atomic E-state index is -0.911. The van der Waals surface area contributed by atoms with E-state index in [0.717, 1.165) is 12.1 Å². The molecule has 0 spiro atoms. The number of carboxylic acid groups (broad SMARTS) is 1. The van der Waals surface area contributed by atoms with Crippen LogP contribution in [0, 0.1) is 15.9 Å². The van der Waals surface area contributed by atoms with Crippen LogP contribution in [0.15, 0.2) is 18.2 Å². The van der Waals surface area contributed by atoms with Crippen molar-refractivity contribution >= 4 is 11.8 Å². The van der Waals surface area contributed by atoms with E-state index in [-0.39, 0.29) is 6.04 Å². The Morgan fingerprint density at radius 2 is 2.14 bits per heavy atom. The molecule has 1 aliphatic heterocycles. The van der Waals surface area contributed by atoms with Gasteiger partial charge >= 0.3 is 11.8 Å². The molecule has 21 heavy (non-hydrogen) atoms. The first-order valence-electron chi connectivity index (χ1n) is 6.61. The van der Waals surface area contributed by atoms with E-state index in [4.69, 9.17) is 5.11 Å². The zero-order valence-corrected chi connectivity index (χ0v) is 11.3. The molecule has 2 N–H and O–H groups in total. The molecule has 8 heteroatoms. The van der Waals surface area contributed by atoms with Gasteiger partial charge in [0.25, 0.3) is 0 Å². The van der Waals surface area contributed by atoms with Gasteiger partial charge in [-0.15, -0.1) is 0 Å². The molecule has 1 aromatic rings. The largest absolute Gasteiger partial charge is 0.465 e. The first-order valence-corrected chi connectivity index (χ1v) is 6.61. The zero-order chi connectivity index (χ0) is 15.4. The Labute approximate surface area is 120 Å². The second-order valence-electron chi connectivity index (χ2n) is 4.97. The minimum absolute atomic E-state index is 0.166. The number of nitro benzene ring substituents is 1. The van der Waals surface area contributed by atoms with E-state index in [1.54, 1.807) is 0 Å². The molecule has 1 fully saturated rings. The number of hydrogen-bond donors (Lipinski definition) is 2. The van der Waals surface area contributed by atoms with Crippen molar-refractivity contribution in [1.29, 1.82) is 0 Å². The number of benzene rings is 1. The highest BCUT2D eigenvalue weighted by atomic mass is 19.1. The van der Waals surface area contributed by atoms with Gasteiger partial charge in [0.2, 0.25) is 5.82 Å². The third kappa shape index (κ3) is 3.88. The van der Waals surface area contributed by atoms with Crippen LogP contribution in [0.2, 0.25) is 0 Å². The monoisotopic (exact) mass is 297 g/mol. The summed E-state index contributed by atoms with van der Waals surface area (Å²) in [7, 11) is 0. The van der Waals surface area contributed by atoms with Crippen LogP contribution in [-0.2, 0) is 6.54 Å². The molecule has 0 bridgehead atoms. The van der Waals surface area contributed by atoms with Gasteiger partial charge < -0.3 is 15.3 Å². The molecule has 1 saturated heterocycles. The van der Waals surface area contributed by atoms with E-state index in [0.29, 0.717) is 38.0 Å². The second-order valence-corrected chi connectivity index (χ2v) is 4.97. The van der Waals surface area contributed by atoms with Crippen molar-refractivity contribution in [3.8, 4) is 0 Å². The third-order valence-corrected chi connectivity index (χ3v) is 3.57. The van der Waals surface area contributed by atoms with Gasteiger partial charge in [0.15, 0.2) is 0 Å². The lowest BCUT2D eigenvalue weighted by Crippen LogP contribution is -2.44. The van der Waals surface area contributed by atoms with Crippen LogP contribution in [0.3, 0.4) is 0 Å². The summed E-state index contributed by atoms with van der Waals surface area (Å²) < 4.78 is 13.5. The highest BCUT2D eigenvalue weighted by Gasteiger charge is 2.22. The van der Waals surface area contributed by atoms with Crippen molar-refractivity contribution in [3.05, 3.63) is 39.7 Å². The van der Waals surface area contributed by atoms with Gasteiger partial charge in [-0.3, -0.25) is 10.1 Å². The van der Waals surface area contributed by atoms with Gasteiger partial charge in [-0.2, -0.15) is 4.39 Å². The Morgan fingerprint density at radius 1 is 1.48 bits per heavy atom. The van der Waals surface area contributed by atoms with Crippen molar-refractivity contribution < 1.29 is 19.2 Å². The molecular formula is C13H16FN3O4. The van der Waals surface area contributed by atoms with Crippen molar-refractivity contribution in [2.45, 2.75) is 25.4 Å². The number of nitrogens with zero attached hydrogens (tertiary/aromatic N) is 2. The summed E-state index contributed by atoms with van der Waals surface area (Å²) in [5.74, 6) is -0.847. The van der Waals surface area contributed by atoms with Crippen LogP contribution in [0.1, 0.15) is 18.4 Å². The van der Waals surface area contributed by atoms with E-state index in [2.05, 4.69) is 5.32 Å². The lowest BCUT2D eigenvalue weighted by atomic mass is 10.0. The number of nitrogens with one attached hydrogen (secondary N) is 1. The topological polar surface area (TPSA) is 95.7 Å². The van der Waals surface area contributed by atoms with Crippen molar-refractivity contribution in [2.24, 2.45) is 0 Å². The summed E-state index contributed by atoms with van der Waals surface area (Å²) in [6.45, 7) is 1.34. The molecule has 1 aliphatic rings. The van der Waals surface area contributed by atoms with E-state index in [1.165, 1.54) is 11.0 Å². The molecule has 7 nitrogen and oxygen atoms in total. The van der Waals surface area contributed by atoms with Crippen LogP contribution in [0.25, 0.3) is 0 Å². The van der Waals surface area contributed by atoms with Crippen LogP contribution in [0.4, 0.5) is 14.9 Å². The molecule has 0 atom stereocenters. The first-order chi connectivity index (χ1) is 9.97. The molecule has 1 aromatic carbocycles. The van der Waals surface area contributed by atoms with Crippen LogP contribution >= 0.6 is 0 Å². The van der Waals surface area contributed by atoms with Crippen molar-refractivity contribution in [2.75, 3.05) is 13.1 Å². The van der Waals surface area contributed by atoms with Crippen molar-refractivity contribution in [1.82, 2.24) is 10.2 Å². The van der Waals surface area contributed by atoms with E-state index >= 15 is 0 Å². The molecule has 1 heterocycles. The fourth-order valence-corrected chi connectivity index (χ4v) is 2.35. The summed E-state index contributed by atoms with van der Waals surface area (Å²) in [5.41, 5.74) is 0.0901. The van der Waals surface area contributed by atoms with Crippen LogP contribution < -0.4 is 5.32 Å². The van der Waals surface area contributed by atoms with Crippen LogP contribution in [0.5, 0.6) is 0 Å². The lowest BCUT2D eigenvalue weighted by molar-refractivity contribution is -0.387. The number of hydrogen-bond acceptors (Lipinski definition) is 4. The number of piperidine rings is 1. The van der Waals surface area contributed by atoms with Gasteiger partial charge in [0.1, 0.15) is 0 Å². The molecule has 0 unspecified atom stereocenters. The van der Waals surface area contributed by atoms with Gasteiger partial charge in [0.05, 0.1) is 4.92 Å². The zero-order valence-electron chi connectivity index (χ0n) is 11.3. The second kappa shape index (κ2) is 6.49. The summed E-state index contributed by atoms with van der Waals surface area (Å²) in [5, 5.41) is 22.6. The smallest absolute Gasteiger partial charge is 0.407 e. The average Bonchev–Trinajstić information content (AvgIpc) is 2.45. The predicted molar refractivity (Wildman–Crippen MR) is 72.5 cm³/mol. The molecule has 0 saturated carbocycles. The lowest BCUT2D eigenvalue weighted by Gasteiger charge is -2.30. The fourth-order valence-electron chi connectivity index (χ4n) is 2.35. The normalized spacial score (nSPS) is 16.0. The van der Waals surface area contributed by atoms with Crippen LogP contribution in [-0.4, -0.2) is 40.2 Å². The standard InChI is InChI=1S/C13H16FN3O4/c14-11-7-9(1-2-12(11)17(20)21)8-15-10-3-5-16(6-4-10)13(18)19/h1-2,7,10,15H,3-6,8H2,(H,18,19). The summed E-state index contributed by atoms with van der Waals surface area (Å²) in [6.07, 6.45) is 0.481. The highest BCUT2D eigenvalue weighted by molar-refractivity contribution is 5.65. The maximum absolute atomic E-state index is 13.5. The number of rotatable bonds is 4. The molecule has 1 amide bonds. The molecule has 2 rings (SSSR count). The quantitative estimate of drug-likeness (QED) is 0.654. The maximum atomic E-state index is 13.5. The van der Waals surface area contributed by atoms with Gasteiger partial charge in [-0.25, -0.2) is 4.79 Å². The molecule has 0 radical (unpaired) electrons. The number of halogens is 1. The molecule has 114 valence electrons. The number of nitro groups is 1. The first kappa shape index (κ1) is 15.2. The summed E-state index contributed by atoms with van der Waals surface area (Å²) >= 11 is 0. The predicted octanol–water partition coefficient (Wildman–Crippen LogP) is 1.97. The number of carbonyl (C=O) groups is 1. The Balaban J connectivity index is 1.85. The Morgan fingerprint density at radius 3 is 2.67 bits per heavy atom. The Bertz CT molecular complexity index is 544. The van der Waals surface area contributed by atoms with E-state index in [9.17, 15) is 19.3 Å². The fraction of sp³-hybridized carbons (Fsp3) is 0.462. The van der Waals surface area contributed by atoms with Gasteiger partial charge in [0, 0.05) is 31.7 Å². The van der Waals surface area contributed by atoms with Gasteiger partial charge in [-0.05, 0) is 24.5 Å².